The van der Waals surface area contributed by atoms with Gasteiger partial charge in [0.25, 0.3) is 0 Å². The van der Waals surface area contributed by atoms with Gasteiger partial charge in [0.15, 0.2) is 0 Å². The Balaban J connectivity index is 2.14. The fourth-order valence-corrected chi connectivity index (χ4v) is 2.21. The molecule has 0 aliphatic carbocycles. The van der Waals surface area contributed by atoms with Crippen LogP contribution in [0.5, 0.6) is 0 Å². The predicted molar refractivity (Wildman–Crippen MR) is 66.5 cm³/mol. The van der Waals surface area contributed by atoms with Crippen LogP contribution < -0.4 is 5.32 Å². The molecular weight excluding hydrogens is 214 g/mol. The van der Waals surface area contributed by atoms with Crippen molar-refractivity contribution in [2.75, 3.05) is 7.11 Å². The minimum Gasteiger partial charge on any atom is -0.468 e. The standard InChI is InChI=1S/C14H17NO2/c1-10-8-12(11-6-4-3-5-7-11)15-13(9-10)14(16)17-2/h3-7,12-13,15H,1,8-9H2,2H3. The van der Waals surface area contributed by atoms with Crippen molar-refractivity contribution < 1.29 is 9.53 Å². The summed E-state index contributed by atoms with van der Waals surface area (Å²) in [6.07, 6.45) is 1.54. The molecule has 2 atom stereocenters. The highest BCUT2D eigenvalue weighted by Gasteiger charge is 2.29. The molecule has 3 heteroatoms. The Bertz CT molecular complexity index is 413. The van der Waals surface area contributed by atoms with Crippen molar-refractivity contribution in [3.8, 4) is 0 Å². The molecular formula is C14H17NO2. The van der Waals surface area contributed by atoms with Gasteiger partial charge in [0.05, 0.1) is 7.11 Å². The molecule has 2 unspecified atom stereocenters. The van der Waals surface area contributed by atoms with Crippen LogP contribution in [0.1, 0.15) is 24.4 Å². The number of benzene rings is 1. The second-order valence-electron chi connectivity index (χ2n) is 4.36. The van der Waals surface area contributed by atoms with Crippen molar-refractivity contribution in [3.05, 3.63) is 48.0 Å². The Morgan fingerprint density at radius 3 is 2.71 bits per heavy atom. The number of carbonyl (C=O) groups is 1. The van der Waals surface area contributed by atoms with Crippen LogP contribution in [-0.2, 0) is 9.53 Å². The molecule has 1 N–H and O–H groups in total. The van der Waals surface area contributed by atoms with Crippen LogP contribution in [0, 0.1) is 0 Å². The van der Waals surface area contributed by atoms with E-state index in [1.54, 1.807) is 0 Å². The van der Waals surface area contributed by atoms with E-state index in [0.29, 0.717) is 6.42 Å². The van der Waals surface area contributed by atoms with E-state index >= 15 is 0 Å². The molecule has 0 radical (unpaired) electrons. The quantitative estimate of drug-likeness (QED) is 0.626. The summed E-state index contributed by atoms with van der Waals surface area (Å²) in [5.74, 6) is -0.216. The third-order valence-electron chi connectivity index (χ3n) is 3.08. The third kappa shape index (κ3) is 2.74. The van der Waals surface area contributed by atoms with Gasteiger partial charge in [0.2, 0.25) is 0 Å². The van der Waals surface area contributed by atoms with Crippen molar-refractivity contribution in [1.29, 1.82) is 0 Å². The molecule has 1 fully saturated rings. The van der Waals surface area contributed by atoms with E-state index in [-0.39, 0.29) is 18.1 Å². The summed E-state index contributed by atoms with van der Waals surface area (Å²) in [6, 6.07) is 9.99. The number of ether oxygens (including phenoxy) is 1. The van der Waals surface area contributed by atoms with Gasteiger partial charge in [0.1, 0.15) is 6.04 Å². The SMILES string of the molecule is C=C1CC(C(=O)OC)NC(c2ccccc2)C1. The van der Waals surface area contributed by atoms with E-state index < -0.39 is 0 Å². The smallest absolute Gasteiger partial charge is 0.323 e. The lowest BCUT2D eigenvalue weighted by Crippen LogP contribution is -2.43. The molecule has 17 heavy (non-hydrogen) atoms. The van der Waals surface area contributed by atoms with E-state index in [4.69, 9.17) is 4.74 Å². The van der Waals surface area contributed by atoms with Crippen LogP contribution in [0.3, 0.4) is 0 Å². The van der Waals surface area contributed by atoms with Crippen LogP contribution in [0.2, 0.25) is 0 Å². The van der Waals surface area contributed by atoms with Crippen molar-refractivity contribution in [3.63, 3.8) is 0 Å². The predicted octanol–water partition coefficient (Wildman–Crippen LogP) is 2.21. The van der Waals surface area contributed by atoms with E-state index in [1.807, 2.05) is 18.2 Å². The molecule has 1 aliphatic heterocycles. The fourth-order valence-electron chi connectivity index (χ4n) is 2.21. The van der Waals surface area contributed by atoms with Crippen LogP contribution in [0.15, 0.2) is 42.5 Å². The summed E-state index contributed by atoms with van der Waals surface area (Å²) in [7, 11) is 1.42. The molecule has 0 aromatic heterocycles. The Hall–Kier alpha value is -1.61. The molecule has 1 aromatic carbocycles. The number of piperidine rings is 1. The van der Waals surface area contributed by atoms with Gasteiger partial charge in [0, 0.05) is 6.04 Å². The second-order valence-corrected chi connectivity index (χ2v) is 4.36. The van der Waals surface area contributed by atoms with Gasteiger partial charge in [-0.15, -0.1) is 0 Å². The average Bonchev–Trinajstić information content (AvgIpc) is 2.38. The molecule has 2 rings (SSSR count). The maximum absolute atomic E-state index is 11.6. The van der Waals surface area contributed by atoms with E-state index in [9.17, 15) is 4.79 Å². The maximum atomic E-state index is 11.6. The molecule has 0 spiro atoms. The maximum Gasteiger partial charge on any atom is 0.323 e. The second kappa shape index (κ2) is 5.15. The summed E-state index contributed by atoms with van der Waals surface area (Å²) in [4.78, 5) is 11.6. The average molecular weight is 231 g/mol. The molecule has 0 bridgehead atoms. The first-order valence-electron chi connectivity index (χ1n) is 5.76. The molecule has 1 aromatic rings. The lowest BCUT2D eigenvalue weighted by molar-refractivity contribution is -0.143. The topological polar surface area (TPSA) is 38.3 Å². The first kappa shape index (κ1) is 11.9. The number of nitrogens with one attached hydrogen (secondary N) is 1. The van der Waals surface area contributed by atoms with Gasteiger partial charge in [-0.2, -0.15) is 0 Å². The van der Waals surface area contributed by atoms with Gasteiger partial charge in [-0.25, -0.2) is 0 Å². The number of rotatable bonds is 2. The molecule has 1 saturated heterocycles. The molecule has 1 heterocycles. The van der Waals surface area contributed by atoms with Crippen LogP contribution in [0.25, 0.3) is 0 Å². The summed E-state index contributed by atoms with van der Waals surface area (Å²) >= 11 is 0. The highest BCUT2D eigenvalue weighted by Crippen LogP contribution is 2.28. The number of methoxy groups -OCH3 is 1. The zero-order valence-corrected chi connectivity index (χ0v) is 9.98. The molecule has 0 amide bonds. The van der Waals surface area contributed by atoms with Crippen LogP contribution in [0.4, 0.5) is 0 Å². The van der Waals surface area contributed by atoms with Gasteiger partial charge in [-0.1, -0.05) is 42.5 Å². The van der Waals surface area contributed by atoms with Crippen molar-refractivity contribution in [1.82, 2.24) is 5.32 Å². The van der Waals surface area contributed by atoms with Crippen molar-refractivity contribution in [2.24, 2.45) is 0 Å². The molecule has 1 aliphatic rings. The van der Waals surface area contributed by atoms with Gasteiger partial charge in [-0.05, 0) is 18.4 Å². The monoisotopic (exact) mass is 231 g/mol. The van der Waals surface area contributed by atoms with Gasteiger partial charge >= 0.3 is 5.97 Å². The highest BCUT2D eigenvalue weighted by atomic mass is 16.5. The summed E-state index contributed by atoms with van der Waals surface area (Å²) < 4.78 is 4.78. The number of esters is 1. The minimum atomic E-state index is -0.272. The highest BCUT2D eigenvalue weighted by molar-refractivity contribution is 5.76. The fraction of sp³-hybridized carbons (Fsp3) is 0.357. The largest absolute Gasteiger partial charge is 0.468 e. The van der Waals surface area contributed by atoms with E-state index in [1.165, 1.54) is 12.7 Å². The van der Waals surface area contributed by atoms with Gasteiger partial charge < -0.3 is 4.74 Å². The van der Waals surface area contributed by atoms with E-state index in [0.717, 1.165) is 12.0 Å². The van der Waals surface area contributed by atoms with Crippen LogP contribution >= 0.6 is 0 Å². The number of hydrogen-bond donors (Lipinski definition) is 1. The van der Waals surface area contributed by atoms with Crippen LogP contribution in [-0.4, -0.2) is 19.1 Å². The lowest BCUT2D eigenvalue weighted by atomic mass is 9.90. The van der Waals surface area contributed by atoms with Crippen molar-refractivity contribution in [2.45, 2.75) is 24.9 Å². The molecule has 90 valence electrons. The lowest BCUT2D eigenvalue weighted by Gasteiger charge is -2.31. The summed E-state index contributed by atoms with van der Waals surface area (Å²) in [6.45, 7) is 4.01. The third-order valence-corrected chi connectivity index (χ3v) is 3.08. The zero-order chi connectivity index (χ0) is 12.3. The Morgan fingerprint density at radius 1 is 1.35 bits per heavy atom. The zero-order valence-electron chi connectivity index (χ0n) is 9.98. The Labute approximate surface area is 101 Å². The first-order chi connectivity index (χ1) is 8.20. The molecule has 0 saturated carbocycles. The van der Waals surface area contributed by atoms with Crippen molar-refractivity contribution >= 4 is 5.97 Å². The van der Waals surface area contributed by atoms with E-state index in [2.05, 4.69) is 24.0 Å². The number of carbonyl (C=O) groups excluding carboxylic acids is 1. The Morgan fingerprint density at radius 2 is 2.06 bits per heavy atom. The Kier molecular flexibility index (Phi) is 3.59. The van der Waals surface area contributed by atoms with Gasteiger partial charge in [-0.3, -0.25) is 10.1 Å². The summed E-state index contributed by atoms with van der Waals surface area (Å²) in [5.41, 5.74) is 2.27. The number of hydrogen-bond acceptors (Lipinski definition) is 3. The first-order valence-corrected chi connectivity index (χ1v) is 5.76. The summed E-state index contributed by atoms with van der Waals surface area (Å²) in [5, 5.41) is 3.32. The molecule has 3 nitrogen and oxygen atoms in total. The minimum absolute atomic E-state index is 0.154. The normalized spacial score (nSPS) is 24.4.